The Kier molecular flexibility index (Phi) is 46.6. The van der Waals surface area contributed by atoms with Crippen molar-refractivity contribution in [2.45, 2.75) is 310 Å². The molecule has 0 saturated carbocycles. The van der Waals surface area contributed by atoms with Gasteiger partial charge in [0.15, 0.2) is 6.10 Å². The third kappa shape index (κ3) is 49.3. The molecule has 0 heterocycles. The van der Waals surface area contributed by atoms with E-state index in [4.69, 9.17) is 14.2 Å². The summed E-state index contributed by atoms with van der Waals surface area (Å²) in [6.07, 6.45) is 49.5. The quantitative estimate of drug-likeness (QED) is 0.0344. The summed E-state index contributed by atoms with van der Waals surface area (Å²) in [5.41, 5.74) is 0. The first-order valence-electron chi connectivity index (χ1n) is 27.2. The van der Waals surface area contributed by atoms with Crippen molar-refractivity contribution in [1.29, 1.82) is 0 Å². The van der Waals surface area contributed by atoms with Crippen molar-refractivity contribution < 1.29 is 28.6 Å². The number of hydrogen-bond acceptors (Lipinski definition) is 6. The molecule has 61 heavy (non-hydrogen) atoms. The molecule has 0 rings (SSSR count). The van der Waals surface area contributed by atoms with Crippen LogP contribution in [-0.2, 0) is 28.6 Å². The Labute approximate surface area is 380 Å². The highest BCUT2D eigenvalue weighted by Gasteiger charge is 2.19. The Morgan fingerprint density at radius 3 is 0.803 bits per heavy atom. The van der Waals surface area contributed by atoms with E-state index < -0.39 is 6.10 Å². The predicted octanol–water partition coefficient (Wildman–Crippen LogP) is 17.7. The number of hydrogen-bond donors (Lipinski definition) is 0. The van der Waals surface area contributed by atoms with E-state index in [9.17, 15) is 14.4 Å². The fourth-order valence-electron chi connectivity index (χ4n) is 8.34. The van der Waals surface area contributed by atoms with Gasteiger partial charge < -0.3 is 14.2 Å². The minimum Gasteiger partial charge on any atom is -0.462 e. The molecule has 0 aromatic heterocycles. The van der Waals surface area contributed by atoms with Crippen molar-refractivity contribution in [2.24, 2.45) is 11.8 Å². The van der Waals surface area contributed by atoms with Crippen LogP contribution in [0.15, 0.2) is 0 Å². The van der Waals surface area contributed by atoms with Crippen LogP contribution in [0.3, 0.4) is 0 Å². The van der Waals surface area contributed by atoms with E-state index in [1.165, 1.54) is 193 Å². The van der Waals surface area contributed by atoms with Gasteiger partial charge in [-0.15, -0.1) is 0 Å². The minimum absolute atomic E-state index is 0.0635. The van der Waals surface area contributed by atoms with Gasteiger partial charge in [0.25, 0.3) is 0 Å². The molecule has 0 fully saturated rings. The molecule has 0 amide bonds. The van der Waals surface area contributed by atoms with Gasteiger partial charge in [0, 0.05) is 19.3 Å². The number of rotatable bonds is 49. The second-order valence-electron chi connectivity index (χ2n) is 19.8. The van der Waals surface area contributed by atoms with Crippen LogP contribution in [0.4, 0.5) is 0 Å². The standard InChI is InChI=1S/C55H106O6/c1-6-7-8-9-10-11-12-13-14-19-22-25-32-37-42-47-55(58)61-52(49-60-54(57)46-41-36-31-27-26-29-34-39-44-51(4)5)48-59-53(56)45-40-35-30-24-21-18-16-15-17-20-23-28-33-38-43-50(2)3/h50-52H,6-49H2,1-5H3/t52-/m0/s1. The normalized spacial score (nSPS) is 12.0. The van der Waals surface area contributed by atoms with Gasteiger partial charge in [-0.1, -0.05) is 266 Å². The molecular weight excluding hydrogens is 757 g/mol. The van der Waals surface area contributed by atoms with Gasteiger partial charge in [-0.2, -0.15) is 0 Å². The fraction of sp³-hybridized carbons (Fsp3) is 0.945. The lowest BCUT2D eigenvalue weighted by Gasteiger charge is -2.18. The summed E-state index contributed by atoms with van der Waals surface area (Å²) in [6, 6.07) is 0. The SMILES string of the molecule is CCCCCCCCCCCCCCCCCC(=O)O[C@@H](COC(=O)CCCCCCCCCCCCCCCCC(C)C)COC(=O)CCCCCCCCCCC(C)C. The van der Waals surface area contributed by atoms with Gasteiger partial charge in [0.2, 0.25) is 0 Å². The van der Waals surface area contributed by atoms with Crippen LogP contribution in [0, 0.1) is 11.8 Å². The molecule has 0 unspecified atom stereocenters. The fourth-order valence-corrected chi connectivity index (χ4v) is 8.34. The molecule has 0 aliphatic carbocycles. The molecule has 0 saturated heterocycles. The first-order valence-corrected chi connectivity index (χ1v) is 27.2. The molecule has 0 aliphatic rings. The summed E-state index contributed by atoms with van der Waals surface area (Å²) in [6.45, 7) is 11.4. The van der Waals surface area contributed by atoms with E-state index >= 15 is 0 Å². The Morgan fingerprint density at radius 1 is 0.311 bits per heavy atom. The van der Waals surface area contributed by atoms with Crippen molar-refractivity contribution in [3.8, 4) is 0 Å². The van der Waals surface area contributed by atoms with Crippen LogP contribution in [0.25, 0.3) is 0 Å². The Bertz CT molecular complexity index is 931. The van der Waals surface area contributed by atoms with Crippen molar-refractivity contribution in [1.82, 2.24) is 0 Å². The van der Waals surface area contributed by atoms with Crippen LogP contribution >= 0.6 is 0 Å². The highest BCUT2D eigenvalue weighted by molar-refractivity contribution is 5.71. The zero-order chi connectivity index (χ0) is 44.7. The number of unbranched alkanes of at least 4 members (excludes halogenated alkanes) is 34. The van der Waals surface area contributed by atoms with E-state index in [1.807, 2.05) is 0 Å². The summed E-state index contributed by atoms with van der Waals surface area (Å²) in [4.78, 5) is 38.0. The maximum Gasteiger partial charge on any atom is 0.306 e. The number of carbonyl (C=O) groups excluding carboxylic acids is 3. The zero-order valence-corrected chi connectivity index (χ0v) is 41.8. The molecule has 0 spiro atoms. The summed E-state index contributed by atoms with van der Waals surface area (Å²) in [7, 11) is 0. The van der Waals surface area contributed by atoms with Crippen molar-refractivity contribution in [2.75, 3.05) is 13.2 Å². The molecule has 362 valence electrons. The first-order chi connectivity index (χ1) is 29.7. The highest BCUT2D eigenvalue weighted by atomic mass is 16.6. The van der Waals surface area contributed by atoms with Crippen molar-refractivity contribution in [3.05, 3.63) is 0 Å². The molecule has 6 nitrogen and oxygen atoms in total. The minimum atomic E-state index is -0.762. The van der Waals surface area contributed by atoms with Gasteiger partial charge >= 0.3 is 17.9 Å². The van der Waals surface area contributed by atoms with E-state index in [0.29, 0.717) is 19.3 Å². The van der Waals surface area contributed by atoms with Gasteiger partial charge in [-0.25, -0.2) is 0 Å². The smallest absolute Gasteiger partial charge is 0.306 e. The van der Waals surface area contributed by atoms with Gasteiger partial charge in [-0.3, -0.25) is 14.4 Å². The van der Waals surface area contributed by atoms with E-state index in [-0.39, 0.29) is 31.1 Å². The van der Waals surface area contributed by atoms with E-state index in [2.05, 4.69) is 34.6 Å². The molecule has 0 aromatic rings. The highest BCUT2D eigenvalue weighted by Crippen LogP contribution is 2.18. The summed E-state index contributed by atoms with van der Waals surface area (Å²) in [5, 5.41) is 0. The molecule has 0 radical (unpaired) electrons. The lowest BCUT2D eigenvalue weighted by atomic mass is 10.0. The average Bonchev–Trinajstić information content (AvgIpc) is 3.23. The third-order valence-corrected chi connectivity index (χ3v) is 12.5. The van der Waals surface area contributed by atoms with Crippen LogP contribution in [0.5, 0.6) is 0 Å². The van der Waals surface area contributed by atoms with Crippen LogP contribution in [0.1, 0.15) is 304 Å². The van der Waals surface area contributed by atoms with Gasteiger partial charge in [0.1, 0.15) is 13.2 Å². The number of esters is 3. The monoisotopic (exact) mass is 863 g/mol. The second-order valence-corrected chi connectivity index (χ2v) is 19.8. The van der Waals surface area contributed by atoms with Crippen LogP contribution < -0.4 is 0 Å². The van der Waals surface area contributed by atoms with Crippen molar-refractivity contribution >= 4 is 17.9 Å². The summed E-state index contributed by atoms with van der Waals surface area (Å²) < 4.78 is 16.8. The Morgan fingerprint density at radius 2 is 0.541 bits per heavy atom. The molecular formula is C55H106O6. The topological polar surface area (TPSA) is 78.9 Å². The van der Waals surface area contributed by atoms with Crippen molar-refractivity contribution in [3.63, 3.8) is 0 Å². The van der Waals surface area contributed by atoms with Gasteiger partial charge in [0.05, 0.1) is 0 Å². The molecule has 0 aromatic carbocycles. The first kappa shape index (κ1) is 59.4. The van der Waals surface area contributed by atoms with Crippen LogP contribution in [0.2, 0.25) is 0 Å². The maximum atomic E-state index is 12.8. The van der Waals surface area contributed by atoms with Gasteiger partial charge in [-0.05, 0) is 31.1 Å². The third-order valence-electron chi connectivity index (χ3n) is 12.5. The average molecular weight is 863 g/mol. The Hall–Kier alpha value is -1.59. The van der Waals surface area contributed by atoms with E-state index in [1.54, 1.807) is 0 Å². The Balaban J connectivity index is 4.28. The maximum absolute atomic E-state index is 12.8. The van der Waals surface area contributed by atoms with E-state index in [0.717, 1.165) is 69.6 Å². The predicted molar refractivity (Wildman–Crippen MR) is 261 cm³/mol. The molecule has 0 N–H and O–H groups in total. The summed E-state index contributed by atoms with van der Waals surface area (Å²) >= 11 is 0. The van der Waals surface area contributed by atoms with Crippen LogP contribution in [-0.4, -0.2) is 37.2 Å². The largest absolute Gasteiger partial charge is 0.462 e. The zero-order valence-electron chi connectivity index (χ0n) is 41.8. The molecule has 1 atom stereocenters. The number of carbonyl (C=O) groups is 3. The summed E-state index contributed by atoms with van der Waals surface area (Å²) in [5.74, 6) is 0.796. The molecule has 0 bridgehead atoms. The second kappa shape index (κ2) is 47.9. The number of ether oxygens (including phenoxy) is 3. The molecule has 6 heteroatoms. The lowest BCUT2D eigenvalue weighted by molar-refractivity contribution is -0.167. The lowest BCUT2D eigenvalue weighted by Crippen LogP contribution is -2.30. The molecule has 0 aliphatic heterocycles.